The quantitative estimate of drug-likeness (QED) is 0.768. The van der Waals surface area contributed by atoms with Crippen molar-refractivity contribution in [3.8, 4) is 0 Å². The predicted molar refractivity (Wildman–Crippen MR) is 86.0 cm³/mol. The molecule has 0 radical (unpaired) electrons. The van der Waals surface area contributed by atoms with E-state index in [0.717, 1.165) is 13.0 Å². The van der Waals surface area contributed by atoms with Crippen molar-refractivity contribution in [1.82, 2.24) is 0 Å². The van der Waals surface area contributed by atoms with Gasteiger partial charge >= 0.3 is 0 Å². The number of allylic oxidation sites excluding steroid dienone is 2. The van der Waals surface area contributed by atoms with E-state index >= 15 is 0 Å². The Balaban J connectivity index is 2.02. The van der Waals surface area contributed by atoms with Gasteiger partial charge in [0.25, 0.3) is 0 Å². The topological polar surface area (TPSA) is 12.4 Å². The van der Waals surface area contributed by atoms with E-state index in [1.165, 1.54) is 22.3 Å². The molecule has 0 saturated carbocycles. The van der Waals surface area contributed by atoms with Gasteiger partial charge in [0.15, 0.2) is 0 Å². The zero-order chi connectivity index (χ0) is 13.6. The summed E-state index contributed by atoms with van der Waals surface area (Å²) in [5, 5.41) is 0. The molecule has 0 aliphatic carbocycles. The van der Waals surface area contributed by atoms with E-state index in [4.69, 9.17) is 0 Å². The molecule has 1 heteroatoms. The molecule has 1 aliphatic rings. The summed E-state index contributed by atoms with van der Waals surface area (Å²) < 4.78 is 0. The molecule has 0 N–H and O–H groups in total. The minimum Gasteiger partial charge on any atom is -0.293 e. The molecule has 1 nitrogen and oxygen atoms in total. The van der Waals surface area contributed by atoms with Crippen LogP contribution in [0.25, 0.3) is 5.57 Å². The van der Waals surface area contributed by atoms with Crippen LogP contribution in [0.1, 0.15) is 17.5 Å². The van der Waals surface area contributed by atoms with E-state index in [2.05, 4.69) is 65.7 Å². The molecule has 0 fully saturated rings. The number of benzene rings is 2. The first-order valence-electron chi connectivity index (χ1n) is 6.95. The van der Waals surface area contributed by atoms with Gasteiger partial charge in [-0.15, -0.1) is 0 Å². The van der Waals surface area contributed by atoms with Crippen LogP contribution in [0.15, 0.2) is 83.4 Å². The standard InChI is InChI=1S/C19H17N/c1-3-7-17(8-4-1)19(18-9-5-2-6-10-18)12-11-16-13-14-20-15-16/h1-12,15H,13-14H2/b16-11+. The Kier molecular flexibility index (Phi) is 3.88. The highest BCUT2D eigenvalue weighted by molar-refractivity contribution is 5.84. The van der Waals surface area contributed by atoms with Crippen LogP contribution in [-0.4, -0.2) is 12.8 Å². The molecule has 1 heterocycles. The van der Waals surface area contributed by atoms with Crippen molar-refractivity contribution in [3.63, 3.8) is 0 Å². The molecule has 2 aromatic carbocycles. The zero-order valence-corrected chi connectivity index (χ0v) is 11.4. The molecule has 0 bridgehead atoms. The summed E-state index contributed by atoms with van der Waals surface area (Å²) in [6.45, 7) is 0.922. The first-order valence-corrected chi connectivity index (χ1v) is 6.95. The van der Waals surface area contributed by atoms with Gasteiger partial charge in [-0.05, 0) is 28.7 Å². The van der Waals surface area contributed by atoms with Crippen molar-refractivity contribution >= 4 is 11.8 Å². The Labute approximate surface area is 120 Å². The molecule has 98 valence electrons. The van der Waals surface area contributed by atoms with Crippen LogP contribution in [0.3, 0.4) is 0 Å². The van der Waals surface area contributed by atoms with Gasteiger partial charge in [-0.25, -0.2) is 0 Å². The van der Waals surface area contributed by atoms with Gasteiger partial charge in [-0.1, -0.05) is 72.8 Å². The molecule has 0 atom stereocenters. The maximum absolute atomic E-state index is 4.27. The molecule has 0 aromatic heterocycles. The third-order valence-electron chi connectivity index (χ3n) is 3.42. The van der Waals surface area contributed by atoms with Gasteiger partial charge in [0.05, 0.1) is 0 Å². The monoisotopic (exact) mass is 259 g/mol. The van der Waals surface area contributed by atoms with Gasteiger partial charge in [0.1, 0.15) is 0 Å². The van der Waals surface area contributed by atoms with Crippen LogP contribution >= 0.6 is 0 Å². The highest BCUT2D eigenvalue weighted by Crippen LogP contribution is 2.23. The highest BCUT2D eigenvalue weighted by atomic mass is 14.7. The molecule has 0 spiro atoms. The van der Waals surface area contributed by atoms with Crippen LogP contribution < -0.4 is 0 Å². The van der Waals surface area contributed by atoms with Crippen molar-refractivity contribution in [2.45, 2.75) is 6.42 Å². The fourth-order valence-corrected chi connectivity index (χ4v) is 2.35. The van der Waals surface area contributed by atoms with Gasteiger partial charge in [0, 0.05) is 12.8 Å². The Bertz CT molecular complexity index is 607. The van der Waals surface area contributed by atoms with E-state index in [1.54, 1.807) is 0 Å². The number of hydrogen-bond donors (Lipinski definition) is 0. The van der Waals surface area contributed by atoms with E-state index in [1.807, 2.05) is 18.3 Å². The summed E-state index contributed by atoms with van der Waals surface area (Å²) in [6.07, 6.45) is 7.42. The maximum atomic E-state index is 4.27. The lowest BCUT2D eigenvalue weighted by molar-refractivity contribution is 1.04. The molecule has 0 saturated heterocycles. The SMILES string of the molecule is C1=NCC/C1=C\C=C(c1ccccc1)c1ccccc1. The predicted octanol–water partition coefficient (Wildman–Crippen LogP) is 4.52. The summed E-state index contributed by atoms with van der Waals surface area (Å²) in [4.78, 5) is 4.27. The molecule has 0 amide bonds. The van der Waals surface area contributed by atoms with Crippen molar-refractivity contribution in [2.75, 3.05) is 6.54 Å². The van der Waals surface area contributed by atoms with Crippen molar-refractivity contribution in [1.29, 1.82) is 0 Å². The molecular weight excluding hydrogens is 242 g/mol. The molecule has 1 aliphatic heterocycles. The molecule has 3 rings (SSSR count). The highest BCUT2D eigenvalue weighted by Gasteiger charge is 2.04. The molecular formula is C19H17N. The smallest absolute Gasteiger partial charge is 0.0430 e. The third-order valence-corrected chi connectivity index (χ3v) is 3.42. The van der Waals surface area contributed by atoms with Gasteiger partial charge in [0.2, 0.25) is 0 Å². The second-order valence-corrected chi connectivity index (χ2v) is 4.84. The van der Waals surface area contributed by atoms with Crippen LogP contribution in [0, 0.1) is 0 Å². The molecule has 0 unspecified atom stereocenters. The summed E-state index contributed by atoms with van der Waals surface area (Å²) in [6, 6.07) is 21.0. The lowest BCUT2D eigenvalue weighted by Crippen LogP contribution is -1.87. The lowest BCUT2D eigenvalue weighted by Gasteiger charge is -2.07. The van der Waals surface area contributed by atoms with Crippen molar-refractivity contribution in [3.05, 3.63) is 89.5 Å². The summed E-state index contributed by atoms with van der Waals surface area (Å²) in [7, 11) is 0. The van der Waals surface area contributed by atoms with Gasteiger partial charge < -0.3 is 0 Å². The second-order valence-electron chi connectivity index (χ2n) is 4.84. The van der Waals surface area contributed by atoms with E-state index in [0.29, 0.717) is 0 Å². The average molecular weight is 259 g/mol. The average Bonchev–Trinajstić information content (AvgIpc) is 3.03. The minimum atomic E-state index is 0.922. The van der Waals surface area contributed by atoms with Gasteiger partial charge in [-0.3, -0.25) is 4.99 Å². The Morgan fingerprint density at radius 2 is 1.45 bits per heavy atom. The third kappa shape index (κ3) is 2.94. The van der Waals surface area contributed by atoms with Crippen LogP contribution in [0.4, 0.5) is 0 Å². The Hall–Kier alpha value is -2.41. The minimum absolute atomic E-state index is 0.922. The second kappa shape index (κ2) is 6.16. The van der Waals surface area contributed by atoms with Crippen LogP contribution in [-0.2, 0) is 0 Å². The zero-order valence-electron chi connectivity index (χ0n) is 11.4. The van der Waals surface area contributed by atoms with Crippen molar-refractivity contribution in [2.24, 2.45) is 4.99 Å². The van der Waals surface area contributed by atoms with E-state index < -0.39 is 0 Å². The summed E-state index contributed by atoms with van der Waals surface area (Å²) >= 11 is 0. The Morgan fingerprint density at radius 1 is 0.850 bits per heavy atom. The van der Waals surface area contributed by atoms with E-state index in [9.17, 15) is 0 Å². The maximum Gasteiger partial charge on any atom is 0.0430 e. The number of hydrogen-bond acceptors (Lipinski definition) is 1. The Morgan fingerprint density at radius 3 is 1.95 bits per heavy atom. The molecule has 2 aromatic rings. The number of aliphatic imine (C=N–C) groups is 1. The van der Waals surface area contributed by atoms with Crippen molar-refractivity contribution < 1.29 is 0 Å². The number of nitrogens with zero attached hydrogens (tertiary/aromatic N) is 1. The van der Waals surface area contributed by atoms with E-state index in [-0.39, 0.29) is 0 Å². The van der Waals surface area contributed by atoms with Gasteiger partial charge in [-0.2, -0.15) is 0 Å². The fourth-order valence-electron chi connectivity index (χ4n) is 2.35. The summed E-state index contributed by atoms with van der Waals surface area (Å²) in [5.41, 5.74) is 5.03. The molecule has 20 heavy (non-hydrogen) atoms. The summed E-state index contributed by atoms with van der Waals surface area (Å²) in [5.74, 6) is 0. The first kappa shape index (κ1) is 12.6. The van der Waals surface area contributed by atoms with Crippen LogP contribution in [0.5, 0.6) is 0 Å². The lowest BCUT2D eigenvalue weighted by atomic mass is 9.97. The first-order chi connectivity index (χ1) is 9.93. The van der Waals surface area contributed by atoms with Crippen LogP contribution in [0.2, 0.25) is 0 Å². The fraction of sp³-hybridized carbons (Fsp3) is 0.105. The number of rotatable bonds is 3. The normalized spacial score (nSPS) is 15.5. The largest absolute Gasteiger partial charge is 0.293 e.